The molecular weight excluding hydrogens is 260 g/mol. The Morgan fingerprint density at radius 2 is 1.95 bits per heavy atom. The van der Waals surface area contributed by atoms with Crippen LogP contribution in [0.2, 0.25) is 0 Å². The number of carbonyl (C=O) groups excluding carboxylic acids is 2. The van der Waals surface area contributed by atoms with E-state index in [2.05, 4.69) is 5.18 Å². The van der Waals surface area contributed by atoms with Crippen molar-refractivity contribution in [1.82, 2.24) is 0 Å². The number of rotatable bonds is 8. The first kappa shape index (κ1) is 15.7. The molecule has 0 fully saturated rings. The van der Waals surface area contributed by atoms with E-state index in [-0.39, 0.29) is 12.2 Å². The minimum absolute atomic E-state index is 0.196. The molecule has 0 saturated carbocycles. The van der Waals surface area contributed by atoms with Gasteiger partial charge in [0.15, 0.2) is 5.78 Å². The van der Waals surface area contributed by atoms with Crippen molar-refractivity contribution in [2.75, 3.05) is 6.61 Å². The summed E-state index contributed by atoms with van der Waals surface area (Å²) >= 11 is 0. The first-order valence-electron chi connectivity index (χ1n) is 6.13. The Hall–Kier alpha value is -2.34. The Labute approximate surface area is 116 Å². The average molecular weight is 276 g/mol. The first-order valence-corrected chi connectivity index (χ1v) is 6.13. The van der Waals surface area contributed by atoms with Crippen molar-refractivity contribution in [3.05, 3.63) is 52.6 Å². The molecule has 1 amide bonds. The van der Waals surface area contributed by atoms with Gasteiger partial charge in [-0.25, -0.2) is 0 Å². The molecule has 0 atom stereocenters. The van der Waals surface area contributed by atoms with Gasteiger partial charge in [-0.1, -0.05) is 30.3 Å². The Bertz CT molecular complexity index is 497. The molecule has 0 spiro atoms. The number of hydrogen-bond donors (Lipinski definition) is 1. The van der Waals surface area contributed by atoms with Gasteiger partial charge in [0.05, 0.1) is 6.61 Å². The van der Waals surface area contributed by atoms with Crippen LogP contribution in [0.15, 0.2) is 47.3 Å². The summed E-state index contributed by atoms with van der Waals surface area (Å²) in [5, 5.41) is 2.13. The smallest absolute Gasteiger partial charge is 0.332 e. The van der Waals surface area contributed by atoms with E-state index in [1.165, 1.54) is 0 Å². The summed E-state index contributed by atoms with van der Waals surface area (Å²) in [4.78, 5) is 32.0. The Balaban J connectivity index is 2.19. The van der Waals surface area contributed by atoms with Crippen molar-refractivity contribution in [3.63, 3.8) is 0 Å². The normalized spacial score (nSPS) is 11.1. The fourth-order valence-corrected chi connectivity index (χ4v) is 1.47. The van der Waals surface area contributed by atoms with Crippen molar-refractivity contribution < 1.29 is 14.3 Å². The second-order valence-corrected chi connectivity index (χ2v) is 4.10. The Morgan fingerprint density at radius 3 is 2.60 bits per heavy atom. The summed E-state index contributed by atoms with van der Waals surface area (Å²) < 4.78 is 5.40. The highest BCUT2D eigenvalue weighted by molar-refractivity contribution is 6.01. The number of hydrogen-bond acceptors (Lipinski definition) is 5. The lowest BCUT2D eigenvalue weighted by Gasteiger charge is -2.03. The number of ketones is 1. The second-order valence-electron chi connectivity index (χ2n) is 4.10. The lowest BCUT2D eigenvalue weighted by molar-refractivity contribution is -0.117. The van der Waals surface area contributed by atoms with Gasteiger partial charge >= 0.3 is 5.91 Å². The van der Waals surface area contributed by atoms with E-state index >= 15 is 0 Å². The predicted molar refractivity (Wildman–Crippen MR) is 73.4 cm³/mol. The monoisotopic (exact) mass is 276 g/mol. The van der Waals surface area contributed by atoms with E-state index in [1.807, 2.05) is 30.3 Å². The van der Waals surface area contributed by atoms with E-state index in [9.17, 15) is 14.5 Å². The zero-order valence-corrected chi connectivity index (χ0v) is 11.0. The quantitative estimate of drug-likeness (QED) is 0.442. The molecule has 0 bridgehead atoms. The summed E-state index contributed by atoms with van der Waals surface area (Å²) in [7, 11) is 0. The summed E-state index contributed by atoms with van der Waals surface area (Å²) in [6, 6.07) is 9.68. The SMILES string of the molecule is NC(=CC(=O)CCCOCc1ccccc1)C(=O)N=O. The third kappa shape index (κ3) is 6.01. The molecule has 6 heteroatoms. The largest absolute Gasteiger partial charge is 0.394 e. The van der Waals surface area contributed by atoms with Crippen LogP contribution < -0.4 is 5.73 Å². The second kappa shape index (κ2) is 8.71. The molecule has 0 saturated heterocycles. The lowest BCUT2D eigenvalue weighted by Crippen LogP contribution is -2.11. The number of nitrogens with two attached hydrogens (primary N) is 1. The maximum absolute atomic E-state index is 11.4. The van der Waals surface area contributed by atoms with Gasteiger partial charge in [0.25, 0.3) is 0 Å². The molecule has 1 rings (SSSR count). The molecule has 1 aromatic rings. The van der Waals surface area contributed by atoms with Crippen molar-refractivity contribution in [1.29, 1.82) is 0 Å². The van der Waals surface area contributed by atoms with E-state index in [1.54, 1.807) is 0 Å². The zero-order chi connectivity index (χ0) is 14.8. The van der Waals surface area contributed by atoms with E-state index in [4.69, 9.17) is 10.5 Å². The molecule has 0 unspecified atom stereocenters. The van der Waals surface area contributed by atoms with Crippen LogP contribution in [-0.4, -0.2) is 18.3 Å². The van der Waals surface area contributed by atoms with Gasteiger partial charge in [-0.15, -0.1) is 4.91 Å². The first-order chi connectivity index (χ1) is 9.63. The number of carbonyl (C=O) groups is 2. The van der Waals surface area contributed by atoms with Gasteiger partial charge in [-0.05, 0) is 12.0 Å². The van der Waals surface area contributed by atoms with Crippen molar-refractivity contribution >= 4 is 11.7 Å². The fraction of sp³-hybridized carbons (Fsp3) is 0.286. The van der Waals surface area contributed by atoms with Crippen LogP contribution in [0.1, 0.15) is 18.4 Å². The van der Waals surface area contributed by atoms with E-state index in [0.717, 1.165) is 11.6 Å². The van der Waals surface area contributed by atoms with Gasteiger partial charge in [0, 0.05) is 24.3 Å². The van der Waals surface area contributed by atoms with Crippen LogP contribution in [0.3, 0.4) is 0 Å². The Morgan fingerprint density at radius 1 is 1.25 bits per heavy atom. The molecule has 106 valence electrons. The van der Waals surface area contributed by atoms with Crippen LogP contribution in [0.4, 0.5) is 0 Å². The standard InChI is InChI=1S/C14H16N2O4/c15-13(14(18)16-19)9-12(17)7-4-8-20-10-11-5-2-1-3-6-11/h1-3,5-6,9H,4,7-8,10,15H2. The third-order valence-electron chi connectivity index (χ3n) is 2.47. The van der Waals surface area contributed by atoms with Gasteiger partial charge < -0.3 is 10.5 Å². The Kier molecular flexibility index (Phi) is 6.84. The molecule has 6 nitrogen and oxygen atoms in total. The van der Waals surface area contributed by atoms with Gasteiger partial charge in [-0.2, -0.15) is 0 Å². The van der Waals surface area contributed by atoms with Gasteiger partial charge in [0.2, 0.25) is 0 Å². The maximum Gasteiger partial charge on any atom is 0.332 e. The van der Waals surface area contributed by atoms with Gasteiger partial charge in [0.1, 0.15) is 5.70 Å². The number of allylic oxidation sites excluding steroid dienone is 1. The topological polar surface area (TPSA) is 98.8 Å². The molecule has 0 radical (unpaired) electrons. The summed E-state index contributed by atoms with van der Waals surface area (Å²) in [6.07, 6.45) is 1.64. The molecule has 0 aromatic heterocycles. The number of nitroso groups, excluding NO2 is 1. The molecule has 2 N–H and O–H groups in total. The average Bonchev–Trinajstić information content (AvgIpc) is 2.47. The van der Waals surface area contributed by atoms with E-state index < -0.39 is 11.6 Å². The highest BCUT2D eigenvalue weighted by atomic mass is 16.5. The van der Waals surface area contributed by atoms with Gasteiger partial charge in [-0.3, -0.25) is 9.59 Å². The molecule has 0 aliphatic heterocycles. The third-order valence-corrected chi connectivity index (χ3v) is 2.47. The van der Waals surface area contributed by atoms with Crippen molar-refractivity contribution in [2.24, 2.45) is 10.9 Å². The highest BCUT2D eigenvalue weighted by Gasteiger charge is 2.07. The molecule has 0 heterocycles. The lowest BCUT2D eigenvalue weighted by atomic mass is 10.2. The van der Waals surface area contributed by atoms with Crippen molar-refractivity contribution in [3.8, 4) is 0 Å². The number of amides is 1. The minimum atomic E-state index is -1.13. The molecule has 20 heavy (non-hydrogen) atoms. The number of benzene rings is 1. The number of nitrogens with zero attached hydrogens (tertiary/aromatic N) is 1. The molecule has 0 aliphatic carbocycles. The molecule has 1 aromatic carbocycles. The van der Waals surface area contributed by atoms with E-state index in [0.29, 0.717) is 19.6 Å². The molecule has 0 aliphatic rings. The predicted octanol–water partition coefficient (Wildman–Crippen LogP) is 1.69. The molecular formula is C14H16N2O4. The minimum Gasteiger partial charge on any atom is -0.394 e. The van der Waals surface area contributed by atoms with Crippen LogP contribution in [0, 0.1) is 4.91 Å². The van der Waals surface area contributed by atoms with Crippen molar-refractivity contribution in [2.45, 2.75) is 19.4 Å². The van der Waals surface area contributed by atoms with Crippen LogP contribution in [-0.2, 0) is 20.9 Å². The summed E-state index contributed by atoms with van der Waals surface area (Å²) in [5.74, 6) is -1.46. The summed E-state index contributed by atoms with van der Waals surface area (Å²) in [5.41, 5.74) is 5.83. The summed E-state index contributed by atoms with van der Waals surface area (Å²) in [6.45, 7) is 0.912. The van der Waals surface area contributed by atoms with Crippen LogP contribution in [0.25, 0.3) is 0 Å². The number of ether oxygens (including phenoxy) is 1. The zero-order valence-electron chi connectivity index (χ0n) is 11.0. The van der Waals surface area contributed by atoms with Crippen LogP contribution in [0.5, 0.6) is 0 Å². The highest BCUT2D eigenvalue weighted by Crippen LogP contribution is 2.02. The fourth-order valence-electron chi connectivity index (χ4n) is 1.47. The maximum atomic E-state index is 11.4. The van der Waals surface area contributed by atoms with Crippen LogP contribution >= 0.6 is 0 Å².